The fourth-order valence-electron chi connectivity index (χ4n) is 1.78. The van der Waals surface area contributed by atoms with Crippen LogP contribution in [-0.4, -0.2) is 19.9 Å². The molecule has 0 fully saturated rings. The highest BCUT2D eigenvalue weighted by Gasteiger charge is 2.15. The van der Waals surface area contributed by atoms with Gasteiger partial charge in [0.25, 0.3) is 0 Å². The molecule has 1 N–H and O–H groups in total. The monoisotopic (exact) mass is 285 g/mol. The molecule has 1 heterocycles. The van der Waals surface area contributed by atoms with Gasteiger partial charge in [0.1, 0.15) is 6.61 Å². The fourth-order valence-corrected chi connectivity index (χ4v) is 2.27. The average Bonchev–Trinajstić information content (AvgIpc) is 2.73. The van der Waals surface area contributed by atoms with E-state index in [4.69, 9.17) is 23.2 Å². The first-order valence-corrected chi connectivity index (χ1v) is 6.41. The summed E-state index contributed by atoms with van der Waals surface area (Å²) in [6.45, 7) is 2.64. The quantitative estimate of drug-likeness (QED) is 0.939. The predicted molar refractivity (Wildman–Crippen MR) is 71.7 cm³/mol. The van der Waals surface area contributed by atoms with Gasteiger partial charge in [-0.05, 0) is 24.6 Å². The van der Waals surface area contributed by atoms with Crippen molar-refractivity contribution in [3.8, 4) is 11.4 Å². The van der Waals surface area contributed by atoms with Crippen LogP contribution < -0.4 is 0 Å². The number of hydrogen-bond acceptors (Lipinski definition) is 3. The van der Waals surface area contributed by atoms with Crippen LogP contribution in [0.4, 0.5) is 0 Å². The van der Waals surface area contributed by atoms with Gasteiger partial charge in [-0.1, -0.05) is 30.1 Å². The summed E-state index contributed by atoms with van der Waals surface area (Å²) in [5.41, 5.74) is 0.765. The summed E-state index contributed by atoms with van der Waals surface area (Å²) in [7, 11) is 0. The largest absolute Gasteiger partial charge is 0.388 e. The first kappa shape index (κ1) is 13.3. The molecule has 6 heteroatoms. The third-order valence-electron chi connectivity index (χ3n) is 2.59. The van der Waals surface area contributed by atoms with Crippen molar-refractivity contribution in [1.29, 1.82) is 0 Å². The molecule has 0 unspecified atom stereocenters. The summed E-state index contributed by atoms with van der Waals surface area (Å²) in [5, 5.41) is 18.4. The van der Waals surface area contributed by atoms with Crippen LogP contribution in [0.15, 0.2) is 18.2 Å². The van der Waals surface area contributed by atoms with Crippen LogP contribution in [0.2, 0.25) is 10.0 Å². The molecule has 1 aromatic carbocycles. The predicted octanol–water partition coefficient (Wildman–Crippen LogP) is 3.15. The second-order valence-electron chi connectivity index (χ2n) is 3.87. The molecule has 0 spiro atoms. The Morgan fingerprint density at radius 3 is 2.67 bits per heavy atom. The fraction of sp³-hybridized carbons (Fsp3) is 0.333. The number of aromatic nitrogens is 3. The van der Waals surface area contributed by atoms with Crippen LogP contribution in [0.3, 0.4) is 0 Å². The molecule has 2 aromatic rings. The van der Waals surface area contributed by atoms with Crippen molar-refractivity contribution in [3.05, 3.63) is 34.1 Å². The van der Waals surface area contributed by atoms with Crippen LogP contribution >= 0.6 is 23.2 Å². The van der Waals surface area contributed by atoms with Crippen LogP contribution in [0.1, 0.15) is 19.2 Å². The van der Waals surface area contributed by atoms with Gasteiger partial charge >= 0.3 is 0 Å². The van der Waals surface area contributed by atoms with E-state index in [1.807, 2.05) is 10.6 Å². The molecule has 0 bridgehead atoms. The second kappa shape index (κ2) is 5.69. The van der Waals surface area contributed by atoms with Crippen LogP contribution in [0.5, 0.6) is 0 Å². The van der Waals surface area contributed by atoms with Crippen LogP contribution in [0.25, 0.3) is 11.4 Å². The van der Waals surface area contributed by atoms with Gasteiger partial charge in [-0.2, -0.15) is 0 Å². The maximum Gasteiger partial charge on any atom is 0.165 e. The summed E-state index contributed by atoms with van der Waals surface area (Å²) in [6, 6.07) is 5.23. The van der Waals surface area contributed by atoms with E-state index < -0.39 is 0 Å². The lowest BCUT2D eigenvalue weighted by atomic mass is 10.2. The Hall–Kier alpha value is -1.10. The highest BCUT2D eigenvalue weighted by molar-refractivity contribution is 6.36. The molecule has 0 aliphatic rings. The van der Waals surface area contributed by atoms with E-state index in [-0.39, 0.29) is 6.61 Å². The van der Waals surface area contributed by atoms with Crippen LogP contribution in [-0.2, 0) is 13.2 Å². The molecule has 0 atom stereocenters. The van der Waals surface area contributed by atoms with Crippen molar-refractivity contribution in [2.45, 2.75) is 26.5 Å². The van der Waals surface area contributed by atoms with Gasteiger partial charge < -0.3 is 9.67 Å². The van der Waals surface area contributed by atoms with Gasteiger partial charge in [0, 0.05) is 17.1 Å². The minimum atomic E-state index is -0.141. The van der Waals surface area contributed by atoms with E-state index in [2.05, 4.69) is 17.1 Å². The Morgan fingerprint density at radius 2 is 2.06 bits per heavy atom. The third-order valence-corrected chi connectivity index (χ3v) is 3.14. The van der Waals surface area contributed by atoms with Gasteiger partial charge in [-0.25, -0.2) is 0 Å². The van der Waals surface area contributed by atoms with E-state index in [0.717, 1.165) is 18.5 Å². The zero-order valence-electron chi connectivity index (χ0n) is 9.90. The van der Waals surface area contributed by atoms with Gasteiger partial charge in [-0.3, -0.25) is 0 Å². The molecule has 0 radical (unpaired) electrons. The van der Waals surface area contributed by atoms with E-state index in [1.165, 1.54) is 0 Å². The summed E-state index contributed by atoms with van der Waals surface area (Å²) >= 11 is 12.0. The molecule has 4 nitrogen and oxygen atoms in total. The number of benzene rings is 1. The first-order valence-electron chi connectivity index (χ1n) is 5.65. The van der Waals surface area contributed by atoms with Gasteiger partial charge in [0.2, 0.25) is 0 Å². The van der Waals surface area contributed by atoms with Crippen molar-refractivity contribution < 1.29 is 5.11 Å². The van der Waals surface area contributed by atoms with Gasteiger partial charge in [-0.15, -0.1) is 10.2 Å². The van der Waals surface area contributed by atoms with Gasteiger partial charge in [0.15, 0.2) is 11.6 Å². The van der Waals surface area contributed by atoms with Crippen molar-refractivity contribution in [2.75, 3.05) is 0 Å². The van der Waals surface area contributed by atoms with Crippen molar-refractivity contribution in [1.82, 2.24) is 14.8 Å². The Balaban J connectivity index is 2.52. The standard InChI is InChI=1S/C12H13Cl2N3O/c1-2-5-17-11(7-18)15-16-12(17)9-4-3-8(13)6-10(9)14/h3-4,6,18H,2,5,7H2,1H3. The average molecular weight is 286 g/mol. The highest BCUT2D eigenvalue weighted by Crippen LogP contribution is 2.29. The highest BCUT2D eigenvalue weighted by atomic mass is 35.5. The topological polar surface area (TPSA) is 50.9 Å². The number of aliphatic hydroxyl groups is 1. The first-order chi connectivity index (χ1) is 8.67. The SMILES string of the molecule is CCCn1c(CO)nnc1-c1ccc(Cl)cc1Cl. The molecule has 0 aliphatic carbocycles. The van der Waals surface area contributed by atoms with Crippen molar-refractivity contribution >= 4 is 23.2 Å². The number of hydrogen-bond donors (Lipinski definition) is 1. The molecule has 1 aromatic heterocycles. The minimum Gasteiger partial charge on any atom is -0.388 e. The molecular formula is C12H13Cl2N3O. The number of halogens is 2. The van der Waals surface area contributed by atoms with Crippen molar-refractivity contribution in [2.24, 2.45) is 0 Å². The molecule has 0 amide bonds. The summed E-state index contributed by atoms with van der Waals surface area (Å²) in [6.07, 6.45) is 0.920. The second-order valence-corrected chi connectivity index (χ2v) is 4.72. The summed E-state index contributed by atoms with van der Waals surface area (Å²) in [4.78, 5) is 0. The number of aliphatic hydroxyl groups excluding tert-OH is 1. The van der Waals surface area contributed by atoms with E-state index in [1.54, 1.807) is 12.1 Å². The lowest BCUT2D eigenvalue weighted by molar-refractivity contribution is 0.264. The normalized spacial score (nSPS) is 10.9. The zero-order valence-corrected chi connectivity index (χ0v) is 11.4. The zero-order chi connectivity index (χ0) is 13.1. The Labute approximate surface area is 115 Å². The molecule has 96 valence electrons. The molecule has 18 heavy (non-hydrogen) atoms. The van der Waals surface area contributed by atoms with Gasteiger partial charge in [0.05, 0.1) is 5.02 Å². The Bertz CT molecular complexity index is 554. The maximum absolute atomic E-state index is 9.24. The molecule has 2 rings (SSSR count). The third kappa shape index (κ3) is 2.51. The lowest BCUT2D eigenvalue weighted by Crippen LogP contribution is -2.05. The van der Waals surface area contributed by atoms with Crippen LogP contribution in [0, 0.1) is 0 Å². The van der Waals surface area contributed by atoms with E-state index >= 15 is 0 Å². The summed E-state index contributed by atoms with van der Waals surface area (Å²) < 4.78 is 1.87. The Morgan fingerprint density at radius 1 is 1.28 bits per heavy atom. The van der Waals surface area contributed by atoms with E-state index in [0.29, 0.717) is 21.7 Å². The number of nitrogens with zero attached hydrogens (tertiary/aromatic N) is 3. The number of rotatable bonds is 4. The minimum absolute atomic E-state index is 0.141. The molecule has 0 saturated carbocycles. The van der Waals surface area contributed by atoms with E-state index in [9.17, 15) is 5.11 Å². The smallest absolute Gasteiger partial charge is 0.165 e. The Kier molecular flexibility index (Phi) is 4.22. The van der Waals surface area contributed by atoms with Crippen molar-refractivity contribution in [3.63, 3.8) is 0 Å². The maximum atomic E-state index is 9.24. The molecule has 0 aliphatic heterocycles. The molecular weight excluding hydrogens is 273 g/mol. The lowest BCUT2D eigenvalue weighted by Gasteiger charge is -2.09. The molecule has 0 saturated heterocycles. The summed E-state index contributed by atoms with van der Waals surface area (Å²) in [5.74, 6) is 1.19.